The Kier molecular flexibility index (Phi) is 2.55. The summed E-state index contributed by atoms with van der Waals surface area (Å²) in [5.41, 5.74) is 0. The van der Waals surface area contributed by atoms with Gasteiger partial charge in [0.1, 0.15) is 0 Å². The molecule has 0 spiro atoms. The highest BCUT2D eigenvalue weighted by molar-refractivity contribution is 5.04. The predicted octanol–water partition coefficient (Wildman–Crippen LogP) is 1.000. The Labute approximate surface area is 69.0 Å². The van der Waals surface area contributed by atoms with Crippen LogP contribution < -0.4 is 5.32 Å². The van der Waals surface area contributed by atoms with Crippen LogP contribution in [-0.4, -0.2) is 23.3 Å². The molecule has 0 aromatic carbocycles. The number of aliphatic hydroxyl groups excluding tert-OH is 1. The molecule has 0 radical (unpaired) electrons. The number of rotatable bonds is 3. The van der Waals surface area contributed by atoms with Gasteiger partial charge in [0.05, 0.1) is 6.10 Å². The molecule has 3 atom stereocenters. The molecule has 0 saturated carbocycles. The van der Waals surface area contributed by atoms with Gasteiger partial charge in [-0.15, -0.1) is 0 Å². The molecule has 1 fully saturated rings. The van der Waals surface area contributed by atoms with Crippen LogP contribution in [0.25, 0.3) is 0 Å². The molecule has 0 bridgehead atoms. The molecule has 1 aliphatic heterocycles. The van der Waals surface area contributed by atoms with Crippen molar-refractivity contribution in [3.8, 4) is 0 Å². The van der Waals surface area contributed by atoms with Crippen LogP contribution in [0.1, 0.15) is 27.7 Å². The lowest BCUT2D eigenvalue weighted by Gasteiger charge is -2.13. The van der Waals surface area contributed by atoms with Crippen molar-refractivity contribution in [3.05, 3.63) is 0 Å². The van der Waals surface area contributed by atoms with Gasteiger partial charge in [-0.3, -0.25) is 0 Å². The molecule has 66 valence electrons. The molecule has 2 N–H and O–H groups in total. The van der Waals surface area contributed by atoms with E-state index in [-0.39, 0.29) is 6.10 Å². The smallest absolute Gasteiger partial charge is 0.0731 e. The SMILES string of the molecule is CC(C)[C@@H](O)[C@H]1N[C@H]1C(C)C. The molecule has 0 unspecified atom stereocenters. The zero-order valence-corrected chi connectivity index (χ0v) is 7.83. The van der Waals surface area contributed by atoms with Crippen molar-refractivity contribution < 1.29 is 5.11 Å². The molecule has 1 heterocycles. The van der Waals surface area contributed by atoms with E-state index in [1.165, 1.54) is 0 Å². The topological polar surface area (TPSA) is 42.2 Å². The first-order valence-corrected chi connectivity index (χ1v) is 4.48. The minimum atomic E-state index is -0.164. The van der Waals surface area contributed by atoms with E-state index < -0.39 is 0 Å². The van der Waals surface area contributed by atoms with E-state index in [4.69, 9.17) is 0 Å². The van der Waals surface area contributed by atoms with Crippen LogP contribution in [0.2, 0.25) is 0 Å². The Morgan fingerprint density at radius 2 is 1.64 bits per heavy atom. The molecular formula is C9H19NO. The van der Waals surface area contributed by atoms with Crippen molar-refractivity contribution in [2.45, 2.75) is 45.9 Å². The molecule has 0 amide bonds. The first kappa shape index (κ1) is 9.01. The Morgan fingerprint density at radius 1 is 1.09 bits per heavy atom. The van der Waals surface area contributed by atoms with Crippen molar-refractivity contribution >= 4 is 0 Å². The maximum absolute atomic E-state index is 9.62. The van der Waals surface area contributed by atoms with Gasteiger partial charge in [0.15, 0.2) is 0 Å². The van der Waals surface area contributed by atoms with Crippen molar-refractivity contribution in [2.24, 2.45) is 11.8 Å². The molecule has 0 aromatic heterocycles. The second kappa shape index (κ2) is 3.11. The van der Waals surface area contributed by atoms with Gasteiger partial charge in [-0.2, -0.15) is 0 Å². The minimum Gasteiger partial charge on any atom is -0.391 e. The highest BCUT2D eigenvalue weighted by atomic mass is 16.3. The third-order valence-corrected chi connectivity index (χ3v) is 2.43. The highest BCUT2D eigenvalue weighted by Crippen LogP contribution is 2.25. The minimum absolute atomic E-state index is 0.164. The molecule has 2 heteroatoms. The lowest BCUT2D eigenvalue weighted by atomic mass is 9.98. The van der Waals surface area contributed by atoms with E-state index in [0.717, 1.165) is 0 Å². The number of nitrogens with one attached hydrogen (secondary N) is 1. The summed E-state index contributed by atoms with van der Waals surface area (Å²) in [7, 11) is 0. The van der Waals surface area contributed by atoms with Gasteiger partial charge < -0.3 is 10.4 Å². The molecule has 0 aliphatic carbocycles. The first-order chi connectivity index (χ1) is 5.04. The number of hydrogen-bond donors (Lipinski definition) is 2. The zero-order valence-electron chi connectivity index (χ0n) is 7.83. The van der Waals surface area contributed by atoms with Crippen LogP contribution in [0.5, 0.6) is 0 Å². The summed E-state index contributed by atoms with van der Waals surface area (Å²) in [6, 6.07) is 0.905. The summed E-state index contributed by atoms with van der Waals surface area (Å²) in [5.74, 6) is 1.02. The maximum Gasteiger partial charge on any atom is 0.0731 e. The molecule has 1 aliphatic rings. The van der Waals surface area contributed by atoms with Crippen LogP contribution >= 0.6 is 0 Å². The summed E-state index contributed by atoms with van der Waals surface area (Å²) in [4.78, 5) is 0. The van der Waals surface area contributed by atoms with E-state index in [1.54, 1.807) is 0 Å². The maximum atomic E-state index is 9.62. The quantitative estimate of drug-likeness (QED) is 0.600. The molecule has 11 heavy (non-hydrogen) atoms. The van der Waals surface area contributed by atoms with Gasteiger partial charge in [-0.1, -0.05) is 27.7 Å². The van der Waals surface area contributed by atoms with E-state index in [2.05, 4.69) is 33.0 Å². The molecule has 1 rings (SSSR count). The van der Waals surface area contributed by atoms with Gasteiger partial charge in [0.25, 0.3) is 0 Å². The average molecular weight is 157 g/mol. The van der Waals surface area contributed by atoms with Crippen LogP contribution in [0.3, 0.4) is 0 Å². The van der Waals surface area contributed by atoms with Crippen molar-refractivity contribution in [1.82, 2.24) is 5.32 Å². The van der Waals surface area contributed by atoms with Gasteiger partial charge in [-0.05, 0) is 11.8 Å². The third kappa shape index (κ3) is 1.94. The summed E-state index contributed by atoms with van der Waals surface area (Å²) < 4.78 is 0. The summed E-state index contributed by atoms with van der Waals surface area (Å²) in [6.07, 6.45) is -0.164. The summed E-state index contributed by atoms with van der Waals surface area (Å²) in [6.45, 7) is 8.49. The standard InChI is InChI=1S/C9H19NO/c1-5(2)7-8(10-7)9(11)6(3)4/h5-11H,1-4H3/t7-,8-,9+/m0/s1. The van der Waals surface area contributed by atoms with Gasteiger partial charge >= 0.3 is 0 Å². The van der Waals surface area contributed by atoms with Crippen LogP contribution in [0, 0.1) is 11.8 Å². The van der Waals surface area contributed by atoms with E-state index >= 15 is 0 Å². The Hall–Kier alpha value is -0.0800. The number of hydrogen-bond acceptors (Lipinski definition) is 2. The largest absolute Gasteiger partial charge is 0.391 e. The van der Waals surface area contributed by atoms with Crippen LogP contribution in [-0.2, 0) is 0 Å². The summed E-state index contributed by atoms with van der Waals surface area (Å²) in [5, 5.41) is 12.9. The van der Waals surface area contributed by atoms with Gasteiger partial charge in [0, 0.05) is 12.1 Å². The lowest BCUT2D eigenvalue weighted by molar-refractivity contribution is 0.120. The van der Waals surface area contributed by atoms with E-state index in [0.29, 0.717) is 23.9 Å². The highest BCUT2D eigenvalue weighted by Gasteiger charge is 2.44. The Morgan fingerprint density at radius 3 is 1.91 bits per heavy atom. The molecule has 2 nitrogen and oxygen atoms in total. The normalized spacial score (nSPS) is 33.0. The second-order valence-electron chi connectivity index (χ2n) is 4.20. The van der Waals surface area contributed by atoms with Crippen molar-refractivity contribution in [3.63, 3.8) is 0 Å². The summed E-state index contributed by atoms with van der Waals surface area (Å²) >= 11 is 0. The van der Waals surface area contributed by atoms with Crippen molar-refractivity contribution in [1.29, 1.82) is 0 Å². The van der Waals surface area contributed by atoms with E-state index in [9.17, 15) is 5.11 Å². The predicted molar refractivity (Wildman–Crippen MR) is 46.4 cm³/mol. The fraction of sp³-hybridized carbons (Fsp3) is 1.00. The van der Waals surface area contributed by atoms with Gasteiger partial charge in [-0.25, -0.2) is 0 Å². The molecular weight excluding hydrogens is 138 g/mol. The molecule has 0 aromatic rings. The fourth-order valence-electron chi connectivity index (χ4n) is 1.50. The Bertz CT molecular complexity index is 134. The van der Waals surface area contributed by atoms with Gasteiger partial charge in [0.2, 0.25) is 0 Å². The van der Waals surface area contributed by atoms with Crippen LogP contribution in [0.4, 0.5) is 0 Å². The molecule has 1 saturated heterocycles. The van der Waals surface area contributed by atoms with Crippen molar-refractivity contribution in [2.75, 3.05) is 0 Å². The third-order valence-electron chi connectivity index (χ3n) is 2.43. The Balaban J connectivity index is 2.31. The van der Waals surface area contributed by atoms with Crippen LogP contribution in [0.15, 0.2) is 0 Å². The fourth-order valence-corrected chi connectivity index (χ4v) is 1.50. The number of aliphatic hydroxyl groups is 1. The lowest BCUT2D eigenvalue weighted by Crippen LogP contribution is -2.25. The second-order valence-corrected chi connectivity index (χ2v) is 4.20. The van der Waals surface area contributed by atoms with E-state index in [1.807, 2.05) is 0 Å². The monoisotopic (exact) mass is 157 g/mol. The first-order valence-electron chi connectivity index (χ1n) is 4.48. The average Bonchev–Trinajstić information content (AvgIpc) is 2.63. The zero-order chi connectivity index (χ0) is 8.59.